The van der Waals surface area contributed by atoms with E-state index in [4.69, 9.17) is 16.3 Å². The van der Waals surface area contributed by atoms with Crippen molar-refractivity contribution in [2.75, 3.05) is 7.11 Å². The second kappa shape index (κ2) is 6.58. The molecule has 1 aromatic carbocycles. The van der Waals surface area contributed by atoms with E-state index in [-0.39, 0.29) is 5.56 Å². The summed E-state index contributed by atoms with van der Waals surface area (Å²) in [6, 6.07) is 5.33. The number of nitrogens with one attached hydrogen (secondary N) is 1. The first kappa shape index (κ1) is 15.3. The number of aromatic amines is 1. The quantitative estimate of drug-likeness (QED) is 0.791. The van der Waals surface area contributed by atoms with Crippen LogP contribution in [0.1, 0.15) is 19.0 Å². The van der Waals surface area contributed by atoms with Crippen molar-refractivity contribution >= 4 is 34.2 Å². The monoisotopic (exact) mass is 404 g/mol. The Kier molecular flexibility index (Phi) is 5.04. The number of H-pyrrole nitrogens is 1. The molecule has 1 aromatic heterocycles. The maximum absolute atomic E-state index is 12.0. The number of aryl methyl sites for hydroxylation is 1. The summed E-state index contributed by atoms with van der Waals surface area (Å²) in [6.45, 7) is 2.05. The summed E-state index contributed by atoms with van der Waals surface area (Å²) >= 11 is 8.24. The number of ether oxygens (including phenoxy) is 1. The highest BCUT2D eigenvalue weighted by Gasteiger charge is 2.15. The molecule has 1 N–H and O–H groups in total. The van der Waals surface area contributed by atoms with Crippen LogP contribution in [0.25, 0.3) is 11.4 Å². The number of nitrogens with zero attached hydrogens (tertiary/aromatic N) is 1. The molecule has 0 saturated carbocycles. The van der Waals surface area contributed by atoms with Crippen LogP contribution in [0, 0.1) is 3.57 Å². The third-order valence-electron chi connectivity index (χ3n) is 2.85. The third-order valence-corrected chi connectivity index (χ3v) is 4.28. The minimum atomic E-state index is -0.152. The summed E-state index contributed by atoms with van der Waals surface area (Å²) in [7, 11) is 1.56. The van der Waals surface area contributed by atoms with Crippen molar-refractivity contribution in [3.63, 3.8) is 0 Å². The lowest BCUT2D eigenvalue weighted by Crippen LogP contribution is -2.16. The van der Waals surface area contributed by atoms with Crippen LogP contribution in [-0.2, 0) is 6.42 Å². The van der Waals surface area contributed by atoms with Crippen molar-refractivity contribution in [1.82, 2.24) is 9.97 Å². The Morgan fingerprint density at radius 2 is 2.20 bits per heavy atom. The van der Waals surface area contributed by atoms with Crippen LogP contribution in [0.15, 0.2) is 23.0 Å². The van der Waals surface area contributed by atoms with Gasteiger partial charge in [0, 0.05) is 0 Å². The molecule has 0 atom stereocenters. The zero-order chi connectivity index (χ0) is 14.7. The van der Waals surface area contributed by atoms with Gasteiger partial charge in [-0.25, -0.2) is 4.98 Å². The molecule has 0 amide bonds. The van der Waals surface area contributed by atoms with Gasteiger partial charge in [-0.05, 0) is 41.1 Å². The Bertz CT molecular complexity index is 685. The predicted octanol–water partition coefficient (Wildman–Crippen LogP) is 3.66. The number of rotatable bonds is 4. The maximum Gasteiger partial charge on any atom is 0.264 e. The topological polar surface area (TPSA) is 55.0 Å². The Balaban J connectivity index is 2.68. The van der Waals surface area contributed by atoms with E-state index >= 15 is 0 Å². The molecule has 20 heavy (non-hydrogen) atoms. The van der Waals surface area contributed by atoms with Gasteiger partial charge in [-0.2, -0.15) is 0 Å². The number of benzene rings is 1. The van der Waals surface area contributed by atoms with Crippen LogP contribution in [0.2, 0.25) is 5.02 Å². The lowest BCUT2D eigenvalue weighted by atomic mass is 10.1. The summed E-state index contributed by atoms with van der Waals surface area (Å²) in [4.78, 5) is 19.3. The van der Waals surface area contributed by atoms with Crippen molar-refractivity contribution in [3.05, 3.63) is 42.8 Å². The Morgan fingerprint density at radius 3 is 2.85 bits per heavy atom. The Morgan fingerprint density at radius 1 is 1.45 bits per heavy atom. The van der Waals surface area contributed by atoms with Gasteiger partial charge in [-0.3, -0.25) is 4.79 Å². The van der Waals surface area contributed by atoms with Crippen LogP contribution in [-0.4, -0.2) is 17.1 Å². The van der Waals surface area contributed by atoms with E-state index in [2.05, 4.69) is 16.9 Å². The standard InChI is InChI=1S/C14H14ClIN2O2/c1-3-5-9-12(16)14(19)18-13(17-9)11-8(15)6-4-7-10(11)20-2/h4,6-7H,3,5H2,1-2H3,(H,17,18,19). The van der Waals surface area contributed by atoms with Crippen molar-refractivity contribution in [1.29, 1.82) is 0 Å². The summed E-state index contributed by atoms with van der Waals surface area (Å²) in [5.74, 6) is 1.03. The van der Waals surface area contributed by atoms with E-state index in [1.807, 2.05) is 22.6 Å². The highest BCUT2D eigenvalue weighted by molar-refractivity contribution is 14.1. The number of hydrogen-bond donors (Lipinski definition) is 1. The highest BCUT2D eigenvalue weighted by Crippen LogP contribution is 2.34. The fraction of sp³-hybridized carbons (Fsp3) is 0.286. The average Bonchev–Trinajstić information content (AvgIpc) is 2.43. The van der Waals surface area contributed by atoms with Crippen LogP contribution in [0.4, 0.5) is 0 Å². The van der Waals surface area contributed by atoms with Gasteiger partial charge in [0.1, 0.15) is 11.6 Å². The molecule has 2 rings (SSSR count). The van der Waals surface area contributed by atoms with Gasteiger partial charge >= 0.3 is 0 Å². The van der Waals surface area contributed by atoms with E-state index in [1.54, 1.807) is 25.3 Å². The first-order chi connectivity index (χ1) is 9.58. The molecular weight excluding hydrogens is 391 g/mol. The average molecular weight is 405 g/mol. The molecule has 0 fully saturated rings. The zero-order valence-corrected chi connectivity index (χ0v) is 14.1. The van der Waals surface area contributed by atoms with Crippen molar-refractivity contribution < 1.29 is 4.74 Å². The van der Waals surface area contributed by atoms with Gasteiger partial charge in [0.2, 0.25) is 0 Å². The molecule has 106 valence electrons. The molecule has 0 spiro atoms. The van der Waals surface area contributed by atoms with E-state index in [1.165, 1.54) is 0 Å². The van der Waals surface area contributed by atoms with E-state index in [0.717, 1.165) is 18.5 Å². The largest absolute Gasteiger partial charge is 0.496 e. The molecule has 0 bridgehead atoms. The Hall–Kier alpha value is -1.08. The number of methoxy groups -OCH3 is 1. The molecule has 0 saturated heterocycles. The minimum absolute atomic E-state index is 0.152. The first-order valence-corrected chi connectivity index (χ1v) is 7.65. The molecular formula is C14H14ClIN2O2. The van der Waals surface area contributed by atoms with E-state index in [9.17, 15) is 4.79 Å². The third kappa shape index (κ3) is 2.98. The van der Waals surface area contributed by atoms with Crippen LogP contribution >= 0.6 is 34.2 Å². The van der Waals surface area contributed by atoms with E-state index in [0.29, 0.717) is 25.7 Å². The van der Waals surface area contributed by atoms with Gasteiger partial charge in [0.25, 0.3) is 5.56 Å². The van der Waals surface area contributed by atoms with Crippen molar-refractivity contribution in [2.45, 2.75) is 19.8 Å². The van der Waals surface area contributed by atoms with Gasteiger partial charge in [-0.15, -0.1) is 0 Å². The summed E-state index contributed by atoms with van der Waals surface area (Å²) < 4.78 is 5.93. The predicted molar refractivity (Wildman–Crippen MR) is 88.6 cm³/mol. The van der Waals surface area contributed by atoms with Gasteiger partial charge in [0.05, 0.1) is 27.0 Å². The lowest BCUT2D eigenvalue weighted by molar-refractivity contribution is 0.416. The molecule has 6 heteroatoms. The number of aromatic nitrogens is 2. The van der Waals surface area contributed by atoms with Crippen LogP contribution in [0.3, 0.4) is 0 Å². The fourth-order valence-corrected chi connectivity index (χ4v) is 2.71. The lowest BCUT2D eigenvalue weighted by Gasteiger charge is -2.11. The maximum atomic E-state index is 12.0. The summed E-state index contributed by atoms with van der Waals surface area (Å²) in [5.41, 5.74) is 1.25. The summed E-state index contributed by atoms with van der Waals surface area (Å²) in [5, 5.41) is 0.496. The molecule has 0 unspecified atom stereocenters. The highest BCUT2D eigenvalue weighted by atomic mass is 127. The number of hydrogen-bond acceptors (Lipinski definition) is 3. The zero-order valence-electron chi connectivity index (χ0n) is 11.2. The van der Waals surface area contributed by atoms with Gasteiger partial charge < -0.3 is 9.72 Å². The fourth-order valence-electron chi connectivity index (χ4n) is 1.93. The van der Waals surface area contributed by atoms with Gasteiger partial charge in [-0.1, -0.05) is 31.0 Å². The second-order valence-corrected chi connectivity index (χ2v) is 5.73. The molecule has 0 aliphatic rings. The summed E-state index contributed by atoms with van der Waals surface area (Å²) in [6.07, 6.45) is 1.67. The molecule has 0 aliphatic carbocycles. The van der Waals surface area contributed by atoms with Gasteiger partial charge in [0.15, 0.2) is 0 Å². The van der Waals surface area contributed by atoms with E-state index < -0.39 is 0 Å². The first-order valence-electron chi connectivity index (χ1n) is 6.20. The second-order valence-electron chi connectivity index (χ2n) is 4.24. The molecule has 2 aromatic rings. The Labute approximate surface area is 135 Å². The molecule has 0 aliphatic heterocycles. The van der Waals surface area contributed by atoms with Crippen LogP contribution < -0.4 is 10.3 Å². The molecule has 4 nitrogen and oxygen atoms in total. The normalized spacial score (nSPS) is 10.6. The SMILES string of the molecule is CCCc1nc(-c2c(Cl)cccc2OC)[nH]c(=O)c1I. The van der Waals surface area contributed by atoms with Crippen LogP contribution in [0.5, 0.6) is 5.75 Å². The minimum Gasteiger partial charge on any atom is -0.496 e. The molecule has 0 radical (unpaired) electrons. The van der Waals surface area contributed by atoms with Crippen molar-refractivity contribution in [2.24, 2.45) is 0 Å². The van der Waals surface area contributed by atoms with Crippen molar-refractivity contribution in [3.8, 4) is 17.1 Å². The molecule has 1 heterocycles. The smallest absolute Gasteiger partial charge is 0.264 e. The number of halogens is 2.